The summed E-state index contributed by atoms with van der Waals surface area (Å²) in [4.78, 5) is 0. The van der Waals surface area contributed by atoms with Gasteiger partial charge in [-0.15, -0.1) is 0 Å². The van der Waals surface area contributed by atoms with Crippen molar-refractivity contribution >= 4 is 23.2 Å². The van der Waals surface area contributed by atoms with E-state index in [0.717, 1.165) is 30.0 Å². The minimum absolute atomic E-state index is 0.0219. The van der Waals surface area contributed by atoms with Gasteiger partial charge in [-0.1, -0.05) is 29.3 Å². The number of rotatable bonds is 4. The van der Waals surface area contributed by atoms with E-state index in [1.165, 1.54) is 11.1 Å². The zero-order valence-electron chi connectivity index (χ0n) is 13.2. The van der Waals surface area contributed by atoms with Crippen LogP contribution in [0.1, 0.15) is 29.7 Å². The fraction of sp³-hybridized carbons (Fsp3) is 0.333. The molecule has 0 fully saturated rings. The fourth-order valence-corrected chi connectivity index (χ4v) is 3.52. The summed E-state index contributed by atoms with van der Waals surface area (Å²) < 4.78 is 11.2. The summed E-state index contributed by atoms with van der Waals surface area (Å²) in [6.07, 6.45) is 0.944. The lowest BCUT2D eigenvalue weighted by atomic mass is 9.89. The number of hydrogen-bond acceptors (Lipinski definition) is 3. The third kappa shape index (κ3) is 3.27. The highest BCUT2D eigenvalue weighted by atomic mass is 35.5. The van der Waals surface area contributed by atoms with Crippen LogP contribution in [0.5, 0.6) is 11.5 Å². The van der Waals surface area contributed by atoms with Gasteiger partial charge in [0.15, 0.2) is 11.5 Å². The summed E-state index contributed by atoms with van der Waals surface area (Å²) in [5.74, 6) is 1.53. The van der Waals surface area contributed by atoms with Gasteiger partial charge in [0.1, 0.15) is 0 Å². The van der Waals surface area contributed by atoms with Crippen molar-refractivity contribution in [2.75, 3.05) is 20.3 Å². The Morgan fingerprint density at radius 2 is 1.96 bits per heavy atom. The molecule has 0 saturated carbocycles. The van der Waals surface area contributed by atoms with Crippen LogP contribution in [0.3, 0.4) is 0 Å². The lowest BCUT2D eigenvalue weighted by molar-refractivity contribution is 0.309. The Labute approximate surface area is 146 Å². The van der Waals surface area contributed by atoms with Gasteiger partial charge in [0.05, 0.1) is 19.8 Å². The molecule has 122 valence electrons. The predicted molar refractivity (Wildman–Crippen MR) is 94.2 cm³/mol. The van der Waals surface area contributed by atoms with Crippen LogP contribution < -0.4 is 14.8 Å². The summed E-state index contributed by atoms with van der Waals surface area (Å²) in [6.45, 7) is 3.44. The minimum Gasteiger partial charge on any atom is -0.493 e. The second-order valence-electron chi connectivity index (χ2n) is 5.44. The Morgan fingerprint density at radius 1 is 1.13 bits per heavy atom. The van der Waals surface area contributed by atoms with E-state index in [2.05, 4.69) is 17.4 Å². The molecular formula is C18H19Cl2NO2. The smallest absolute Gasteiger partial charge is 0.161 e. The van der Waals surface area contributed by atoms with Crippen LogP contribution >= 0.6 is 23.2 Å². The highest BCUT2D eigenvalue weighted by Gasteiger charge is 2.25. The lowest BCUT2D eigenvalue weighted by Gasteiger charge is -2.29. The highest BCUT2D eigenvalue weighted by Crippen LogP contribution is 2.39. The van der Waals surface area contributed by atoms with Crippen molar-refractivity contribution in [3.05, 3.63) is 57.1 Å². The Bertz CT molecular complexity index is 718. The number of hydrogen-bond donors (Lipinski definition) is 1. The van der Waals surface area contributed by atoms with Crippen LogP contribution in [0.25, 0.3) is 0 Å². The van der Waals surface area contributed by atoms with Crippen LogP contribution in [0.2, 0.25) is 10.0 Å². The second-order valence-corrected chi connectivity index (χ2v) is 6.28. The van der Waals surface area contributed by atoms with Gasteiger partial charge >= 0.3 is 0 Å². The first-order valence-corrected chi connectivity index (χ1v) is 8.41. The molecule has 1 atom stereocenters. The van der Waals surface area contributed by atoms with Crippen LogP contribution in [0, 0.1) is 0 Å². The molecule has 1 unspecified atom stereocenters. The minimum atomic E-state index is 0.0219. The van der Waals surface area contributed by atoms with Crippen LogP contribution in [0.15, 0.2) is 30.3 Å². The molecule has 0 amide bonds. The van der Waals surface area contributed by atoms with Crippen LogP contribution in [0.4, 0.5) is 0 Å². The summed E-state index contributed by atoms with van der Waals surface area (Å²) in [5.41, 5.74) is 3.44. The maximum Gasteiger partial charge on any atom is 0.161 e. The number of halogens is 2. The number of fused-ring (bicyclic) bond motifs is 1. The quantitative estimate of drug-likeness (QED) is 0.870. The number of nitrogens with one attached hydrogen (secondary N) is 1. The highest BCUT2D eigenvalue weighted by molar-refractivity contribution is 6.35. The Balaban J connectivity index is 2.09. The van der Waals surface area contributed by atoms with Crippen LogP contribution in [-0.2, 0) is 6.42 Å². The van der Waals surface area contributed by atoms with Crippen molar-refractivity contribution < 1.29 is 9.47 Å². The van der Waals surface area contributed by atoms with Gasteiger partial charge in [-0.2, -0.15) is 0 Å². The van der Waals surface area contributed by atoms with Gasteiger partial charge in [-0.3, -0.25) is 0 Å². The molecular weight excluding hydrogens is 333 g/mol. The Hall–Kier alpha value is -1.42. The normalized spacial score (nSPS) is 16.8. The molecule has 0 radical (unpaired) electrons. The van der Waals surface area contributed by atoms with Crippen molar-refractivity contribution in [2.24, 2.45) is 0 Å². The van der Waals surface area contributed by atoms with E-state index in [4.69, 9.17) is 32.7 Å². The van der Waals surface area contributed by atoms with Crippen molar-refractivity contribution in [3.8, 4) is 11.5 Å². The molecule has 0 bridgehead atoms. The SMILES string of the molecule is CCOc1cc2c(cc1OC)CCNC2c1ccc(Cl)cc1Cl. The monoisotopic (exact) mass is 351 g/mol. The fourth-order valence-electron chi connectivity index (χ4n) is 3.01. The molecule has 1 aliphatic rings. The molecule has 5 heteroatoms. The first-order valence-electron chi connectivity index (χ1n) is 7.66. The first kappa shape index (κ1) is 16.4. The summed E-state index contributed by atoms with van der Waals surface area (Å²) >= 11 is 12.4. The van der Waals surface area contributed by atoms with E-state index >= 15 is 0 Å². The molecule has 0 saturated heterocycles. The molecule has 3 nitrogen and oxygen atoms in total. The van der Waals surface area contributed by atoms with E-state index < -0.39 is 0 Å². The molecule has 3 rings (SSSR count). The number of ether oxygens (including phenoxy) is 2. The summed E-state index contributed by atoms with van der Waals surface area (Å²) in [6, 6.07) is 9.76. The maximum atomic E-state index is 6.41. The Kier molecular flexibility index (Phi) is 5.00. The predicted octanol–water partition coefficient (Wildman–Crippen LogP) is 4.64. The van der Waals surface area contributed by atoms with Gasteiger partial charge in [0, 0.05) is 16.6 Å². The average molecular weight is 352 g/mol. The van der Waals surface area contributed by atoms with Gasteiger partial charge in [-0.05, 0) is 54.3 Å². The lowest BCUT2D eigenvalue weighted by Crippen LogP contribution is -2.30. The molecule has 1 N–H and O–H groups in total. The molecule has 23 heavy (non-hydrogen) atoms. The summed E-state index contributed by atoms with van der Waals surface area (Å²) in [5, 5.41) is 4.84. The number of methoxy groups -OCH3 is 1. The maximum absolute atomic E-state index is 6.41. The van der Waals surface area contributed by atoms with E-state index in [-0.39, 0.29) is 6.04 Å². The standard InChI is InChI=1S/C18H19Cl2NO2/c1-3-23-17-10-14-11(8-16(17)22-2)6-7-21-18(14)13-5-4-12(19)9-15(13)20/h4-5,8-10,18,21H,3,6-7H2,1-2H3. The first-order chi connectivity index (χ1) is 11.1. The molecule has 0 aromatic heterocycles. The zero-order valence-corrected chi connectivity index (χ0v) is 14.7. The average Bonchev–Trinajstić information content (AvgIpc) is 2.54. The van der Waals surface area contributed by atoms with E-state index in [9.17, 15) is 0 Å². The topological polar surface area (TPSA) is 30.5 Å². The van der Waals surface area contributed by atoms with Gasteiger partial charge in [-0.25, -0.2) is 0 Å². The summed E-state index contributed by atoms with van der Waals surface area (Å²) in [7, 11) is 1.67. The van der Waals surface area contributed by atoms with Gasteiger partial charge < -0.3 is 14.8 Å². The Morgan fingerprint density at radius 3 is 2.65 bits per heavy atom. The molecule has 1 heterocycles. The molecule has 2 aromatic rings. The molecule has 0 aliphatic carbocycles. The zero-order chi connectivity index (χ0) is 16.4. The molecule has 2 aromatic carbocycles. The van der Waals surface area contributed by atoms with Gasteiger partial charge in [0.2, 0.25) is 0 Å². The van der Waals surface area contributed by atoms with E-state index in [1.807, 2.05) is 19.1 Å². The largest absolute Gasteiger partial charge is 0.493 e. The second kappa shape index (κ2) is 7.00. The number of benzene rings is 2. The van der Waals surface area contributed by atoms with E-state index in [0.29, 0.717) is 16.7 Å². The van der Waals surface area contributed by atoms with Crippen molar-refractivity contribution in [2.45, 2.75) is 19.4 Å². The van der Waals surface area contributed by atoms with E-state index in [1.54, 1.807) is 13.2 Å². The van der Waals surface area contributed by atoms with Crippen molar-refractivity contribution in [1.29, 1.82) is 0 Å². The van der Waals surface area contributed by atoms with Gasteiger partial charge in [0.25, 0.3) is 0 Å². The third-order valence-electron chi connectivity index (χ3n) is 4.05. The third-order valence-corrected chi connectivity index (χ3v) is 4.62. The van der Waals surface area contributed by atoms with Crippen LogP contribution in [-0.4, -0.2) is 20.3 Å². The van der Waals surface area contributed by atoms with Crippen molar-refractivity contribution in [1.82, 2.24) is 5.32 Å². The molecule has 0 spiro atoms. The molecule has 1 aliphatic heterocycles. The van der Waals surface area contributed by atoms with Crippen molar-refractivity contribution in [3.63, 3.8) is 0 Å².